The van der Waals surface area contributed by atoms with Gasteiger partial charge in [0, 0.05) is 12.6 Å². The van der Waals surface area contributed by atoms with E-state index in [1.807, 2.05) is 20.8 Å². The van der Waals surface area contributed by atoms with E-state index < -0.39 is 5.60 Å². The normalized spacial score (nSPS) is 20.2. The van der Waals surface area contributed by atoms with Gasteiger partial charge >= 0.3 is 12.1 Å². The van der Waals surface area contributed by atoms with Crippen molar-refractivity contribution in [3.05, 3.63) is 12.2 Å². The fraction of sp³-hybridized carbons (Fsp3) is 0.750. The molecule has 120 valence electrons. The summed E-state index contributed by atoms with van der Waals surface area (Å²) >= 11 is 0. The molecule has 1 amide bonds. The average molecular weight is 297 g/mol. The maximum atomic E-state index is 12.3. The largest absolute Gasteiger partial charge is 0.463 e. The smallest absolute Gasteiger partial charge is 0.410 e. The quantitative estimate of drug-likeness (QED) is 0.592. The number of ether oxygens (including phenoxy) is 2. The number of carbonyl (C=O) groups is 2. The van der Waals surface area contributed by atoms with Crippen LogP contribution in [0.2, 0.25) is 0 Å². The number of carbonyl (C=O) groups excluding carboxylic acids is 2. The summed E-state index contributed by atoms with van der Waals surface area (Å²) in [5.41, 5.74) is -0.515. The van der Waals surface area contributed by atoms with E-state index in [0.29, 0.717) is 13.2 Å². The van der Waals surface area contributed by atoms with Gasteiger partial charge in [0.2, 0.25) is 0 Å². The van der Waals surface area contributed by atoms with Crippen molar-refractivity contribution < 1.29 is 19.1 Å². The van der Waals surface area contributed by atoms with Crippen molar-refractivity contribution in [2.45, 2.75) is 65.0 Å². The summed E-state index contributed by atoms with van der Waals surface area (Å²) in [6, 6.07) is -0.105. The molecule has 1 aliphatic rings. The predicted octanol–water partition coefficient (Wildman–Crippen LogP) is 3.29. The van der Waals surface area contributed by atoms with E-state index in [2.05, 4.69) is 0 Å². The van der Waals surface area contributed by atoms with E-state index in [0.717, 1.165) is 25.7 Å². The molecule has 5 heteroatoms. The van der Waals surface area contributed by atoms with Gasteiger partial charge in [0.05, 0.1) is 12.6 Å². The van der Waals surface area contributed by atoms with Crippen LogP contribution < -0.4 is 0 Å². The van der Waals surface area contributed by atoms with Crippen LogP contribution in [0.25, 0.3) is 0 Å². The zero-order valence-electron chi connectivity index (χ0n) is 13.6. The third-order valence-electron chi connectivity index (χ3n) is 3.17. The molecule has 1 aliphatic heterocycles. The summed E-state index contributed by atoms with van der Waals surface area (Å²) in [5, 5.41) is 0. The third kappa shape index (κ3) is 6.65. The van der Waals surface area contributed by atoms with Crippen molar-refractivity contribution in [2.75, 3.05) is 13.2 Å². The summed E-state index contributed by atoms with van der Waals surface area (Å²) < 4.78 is 10.3. The third-order valence-corrected chi connectivity index (χ3v) is 3.17. The molecular weight excluding hydrogens is 270 g/mol. The summed E-state index contributed by atoms with van der Waals surface area (Å²) in [6.45, 7) is 8.34. The van der Waals surface area contributed by atoms with E-state index in [9.17, 15) is 9.59 Å². The van der Waals surface area contributed by atoms with Gasteiger partial charge in [0.1, 0.15) is 5.60 Å². The lowest BCUT2D eigenvalue weighted by Gasteiger charge is -2.30. The second-order valence-corrected chi connectivity index (χ2v) is 6.20. The van der Waals surface area contributed by atoms with Crippen molar-refractivity contribution in [1.29, 1.82) is 0 Å². The van der Waals surface area contributed by atoms with E-state index in [4.69, 9.17) is 9.47 Å². The molecular formula is C16H27NO4. The second kappa shape index (κ2) is 8.05. The van der Waals surface area contributed by atoms with Crippen molar-refractivity contribution in [3.63, 3.8) is 0 Å². The summed E-state index contributed by atoms with van der Waals surface area (Å²) in [7, 11) is 0. The van der Waals surface area contributed by atoms with Gasteiger partial charge in [-0.05, 0) is 40.5 Å². The number of hydrogen-bond acceptors (Lipinski definition) is 4. The molecule has 0 aromatic heterocycles. The van der Waals surface area contributed by atoms with E-state index >= 15 is 0 Å². The maximum Gasteiger partial charge on any atom is 0.410 e. The first-order valence-electron chi connectivity index (χ1n) is 7.68. The summed E-state index contributed by atoms with van der Waals surface area (Å²) in [4.78, 5) is 25.5. The fourth-order valence-electron chi connectivity index (χ4n) is 2.26. The second-order valence-electron chi connectivity index (χ2n) is 6.20. The van der Waals surface area contributed by atoms with Gasteiger partial charge in [-0.1, -0.05) is 18.9 Å². The molecule has 5 nitrogen and oxygen atoms in total. The minimum atomic E-state index is -0.515. The van der Waals surface area contributed by atoms with E-state index in [1.54, 1.807) is 17.9 Å². The number of nitrogens with zero attached hydrogens (tertiary/aromatic N) is 1. The zero-order chi connectivity index (χ0) is 15.9. The lowest BCUT2D eigenvalue weighted by Crippen LogP contribution is -2.42. The molecule has 1 rings (SSSR count). The van der Waals surface area contributed by atoms with Crippen LogP contribution >= 0.6 is 0 Å². The summed E-state index contributed by atoms with van der Waals surface area (Å²) in [6.07, 6.45) is 6.78. The molecule has 0 aromatic carbocycles. The Morgan fingerprint density at radius 3 is 2.57 bits per heavy atom. The minimum absolute atomic E-state index is 0.105. The molecule has 0 spiro atoms. The molecule has 1 atom stereocenters. The van der Waals surface area contributed by atoms with Crippen molar-refractivity contribution >= 4 is 12.1 Å². The Balaban J connectivity index is 2.75. The molecule has 0 aromatic rings. The first-order valence-corrected chi connectivity index (χ1v) is 7.68. The van der Waals surface area contributed by atoms with Crippen molar-refractivity contribution in [3.8, 4) is 0 Å². The maximum absolute atomic E-state index is 12.3. The fourth-order valence-corrected chi connectivity index (χ4v) is 2.26. The molecule has 0 saturated carbocycles. The Labute approximate surface area is 127 Å². The van der Waals surface area contributed by atoms with Gasteiger partial charge in [0.25, 0.3) is 0 Å². The van der Waals surface area contributed by atoms with Crippen LogP contribution in [0.5, 0.6) is 0 Å². The van der Waals surface area contributed by atoms with Crippen LogP contribution in [-0.2, 0) is 14.3 Å². The Hall–Kier alpha value is -1.52. The highest BCUT2D eigenvalue weighted by molar-refractivity contribution is 5.82. The molecule has 21 heavy (non-hydrogen) atoms. The molecule has 0 bridgehead atoms. The number of likely N-dealkylation sites (tertiary alicyclic amines) is 1. The Morgan fingerprint density at radius 1 is 1.24 bits per heavy atom. The van der Waals surface area contributed by atoms with Crippen LogP contribution in [0.4, 0.5) is 4.79 Å². The zero-order valence-corrected chi connectivity index (χ0v) is 13.6. The van der Waals surface area contributed by atoms with Gasteiger partial charge in [-0.25, -0.2) is 9.59 Å². The van der Waals surface area contributed by atoms with Crippen LogP contribution in [0.1, 0.15) is 53.4 Å². The molecule has 0 N–H and O–H groups in total. The van der Waals surface area contributed by atoms with Crippen molar-refractivity contribution in [1.82, 2.24) is 4.90 Å². The lowest BCUT2D eigenvalue weighted by atomic mass is 10.1. The molecule has 0 aliphatic carbocycles. The number of amides is 1. The van der Waals surface area contributed by atoms with Gasteiger partial charge in [-0.15, -0.1) is 0 Å². The van der Waals surface area contributed by atoms with Gasteiger partial charge in [-0.3, -0.25) is 0 Å². The minimum Gasteiger partial charge on any atom is -0.463 e. The summed E-state index contributed by atoms with van der Waals surface area (Å²) in [5.74, 6) is -0.370. The molecule has 0 radical (unpaired) electrons. The lowest BCUT2D eigenvalue weighted by molar-refractivity contribution is -0.137. The van der Waals surface area contributed by atoms with Crippen LogP contribution in [0.3, 0.4) is 0 Å². The standard InChI is InChI=1S/C16H27NO4/c1-5-20-14(18)11-10-13-9-7-6-8-12-17(13)15(19)21-16(2,3)4/h10-11,13H,5-9,12H2,1-4H3/b11-10+. The topological polar surface area (TPSA) is 55.8 Å². The highest BCUT2D eigenvalue weighted by Crippen LogP contribution is 2.21. The highest BCUT2D eigenvalue weighted by Gasteiger charge is 2.28. The van der Waals surface area contributed by atoms with E-state index in [1.165, 1.54) is 6.08 Å². The SMILES string of the molecule is CCOC(=O)/C=C/C1CCCCCN1C(=O)OC(C)(C)C. The van der Waals surface area contributed by atoms with E-state index in [-0.39, 0.29) is 18.1 Å². The van der Waals surface area contributed by atoms with Crippen molar-refractivity contribution in [2.24, 2.45) is 0 Å². The number of rotatable bonds is 3. The Bertz CT molecular complexity index is 384. The molecule has 1 heterocycles. The predicted molar refractivity (Wildman–Crippen MR) is 81.0 cm³/mol. The first kappa shape index (κ1) is 17.5. The Kier molecular flexibility index (Phi) is 6.72. The monoisotopic (exact) mass is 297 g/mol. The van der Waals surface area contributed by atoms with Gasteiger partial charge in [-0.2, -0.15) is 0 Å². The first-order chi connectivity index (χ1) is 9.83. The molecule has 1 saturated heterocycles. The number of hydrogen-bond donors (Lipinski definition) is 0. The highest BCUT2D eigenvalue weighted by atomic mass is 16.6. The average Bonchev–Trinajstić information content (AvgIpc) is 2.59. The van der Waals surface area contributed by atoms with Crippen LogP contribution in [0, 0.1) is 0 Å². The van der Waals surface area contributed by atoms with Gasteiger partial charge < -0.3 is 14.4 Å². The number of esters is 1. The Morgan fingerprint density at radius 2 is 1.95 bits per heavy atom. The van der Waals surface area contributed by atoms with Gasteiger partial charge in [0.15, 0.2) is 0 Å². The van der Waals surface area contributed by atoms with Crippen LogP contribution in [-0.4, -0.2) is 41.8 Å². The molecule has 1 fully saturated rings. The molecule has 1 unspecified atom stereocenters. The van der Waals surface area contributed by atoms with Crippen LogP contribution in [0.15, 0.2) is 12.2 Å².